The number of amides is 2. The average molecular weight is 431 g/mol. The van der Waals surface area contributed by atoms with Gasteiger partial charge in [-0.05, 0) is 38.7 Å². The highest BCUT2D eigenvalue weighted by atomic mass is 16.3. The van der Waals surface area contributed by atoms with E-state index in [1.807, 2.05) is 13.8 Å². The molecule has 0 radical (unpaired) electrons. The summed E-state index contributed by atoms with van der Waals surface area (Å²) in [5.74, 6) is -1.51. The Labute approximate surface area is 179 Å². The second-order valence-electron chi connectivity index (χ2n) is 8.95. The molecule has 10 nitrogen and oxygen atoms in total. The van der Waals surface area contributed by atoms with Gasteiger partial charge in [-0.15, -0.1) is 0 Å². The number of carbonyl (C=O) groups excluding carboxylic acids is 2. The first kappa shape index (κ1) is 22.5. The van der Waals surface area contributed by atoms with Gasteiger partial charge in [0.25, 0.3) is 11.5 Å². The van der Waals surface area contributed by atoms with Crippen LogP contribution in [0.4, 0.5) is 0 Å². The molecule has 0 bridgehead atoms. The third-order valence-electron chi connectivity index (χ3n) is 4.71. The van der Waals surface area contributed by atoms with Gasteiger partial charge < -0.3 is 20.8 Å². The van der Waals surface area contributed by atoms with Gasteiger partial charge in [0.2, 0.25) is 11.8 Å². The first-order chi connectivity index (χ1) is 14.5. The molecular weight excluding hydrogens is 402 g/mol. The summed E-state index contributed by atoms with van der Waals surface area (Å²) < 4.78 is 2.54. The van der Waals surface area contributed by atoms with Crippen molar-refractivity contribution in [3.63, 3.8) is 0 Å². The number of aliphatic hydroxyl groups is 1. The standard InChI is InChI=1S/C21H29N5O5/c1-12(2)10-25-18-13(5-8-15(27)22-11-21(3,4)31)9-23-26(18)20(30)16(19(25)29)17(28)24-14-6-7-14/h5,8-9,12,14,30-31H,6-7,10-11H2,1-4H3,(H,22,27)(H,24,28). The normalized spacial score (nSPS) is 14.5. The van der Waals surface area contributed by atoms with E-state index in [2.05, 4.69) is 15.7 Å². The summed E-state index contributed by atoms with van der Waals surface area (Å²) in [5.41, 5.74) is -1.29. The van der Waals surface area contributed by atoms with E-state index in [1.54, 1.807) is 13.8 Å². The van der Waals surface area contributed by atoms with Gasteiger partial charge in [0, 0.05) is 30.8 Å². The lowest BCUT2D eigenvalue weighted by Crippen LogP contribution is -2.37. The zero-order chi connectivity index (χ0) is 22.9. The van der Waals surface area contributed by atoms with E-state index in [0.717, 1.165) is 17.4 Å². The summed E-state index contributed by atoms with van der Waals surface area (Å²) >= 11 is 0. The van der Waals surface area contributed by atoms with E-state index in [0.29, 0.717) is 12.1 Å². The third-order valence-corrected chi connectivity index (χ3v) is 4.71. The third kappa shape index (κ3) is 5.32. The fraction of sp³-hybridized carbons (Fsp3) is 0.524. The molecule has 1 saturated carbocycles. The van der Waals surface area contributed by atoms with E-state index in [4.69, 9.17) is 0 Å². The highest BCUT2D eigenvalue weighted by molar-refractivity contribution is 5.97. The van der Waals surface area contributed by atoms with Crippen LogP contribution in [-0.4, -0.2) is 54.4 Å². The first-order valence-electron chi connectivity index (χ1n) is 10.3. The van der Waals surface area contributed by atoms with Crippen LogP contribution >= 0.6 is 0 Å². The average Bonchev–Trinajstić information content (AvgIpc) is 3.36. The summed E-state index contributed by atoms with van der Waals surface area (Å²) in [6, 6.07) is 0.0269. The minimum atomic E-state index is -1.05. The quantitative estimate of drug-likeness (QED) is 0.453. The van der Waals surface area contributed by atoms with Gasteiger partial charge in [-0.25, -0.2) is 0 Å². The summed E-state index contributed by atoms with van der Waals surface area (Å²) in [4.78, 5) is 37.8. The molecule has 1 aliphatic carbocycles. The molecule has 2 aromatic heterocycles. The number of rotatable bonds is 8. The Balaban J connectivity index is 2.02. The van der Waals surface area contributed by atoms with E-state index in [1.165, 1.54) is 22.9 Å². The molecule has 2 aromatic rings. The molecule has 0 aliphatic heterocycles. The Kier molecular flexibility index (Phi) is 6.21. The predicted octanol–water partition coefficient (Wildman–Crippen LogP) is 0.650. The van der Waals surface area contributed by atoms with Crippen molar-refractivity contribution in [1.29, 1.82) is 0 Å². The molecule has 3 rings (SSSR count). The lowest BCUT2D eigenvalue weighted by Gasteiger charge is -2.16. The highest BCUT2D eigenvalue weighted by Gasteiger charge is 2.29. The summed E-state index contributed by atoms with van der Waals surface area (Å²) in [7, 11) is 0. The molecular formula is C21H29N5O5. The van der Waals surface area contributed by atoms with Crippen LogP contribution in [0.15, 0.2) is 17.1 Å². The van der Waals surface area contributed by atoms with Crippen LogP contribution in [0.3, 0.4) is 0 Å². The summed E-state index contributed by atoms with van der Waals surface area (Å²) in [6.07, 6.45) is 5.84. The lowest BCUT2D eigenvalue weighted by atomic mass is 10.1. The van der Waals surface area contributed by atoms with Gasteiger partial charge in [-0.3, -0.25) is 19.0 Å². The second-order valence-corrected chi connectivity index (χ2v) is 8.95. The summed E-state index contributed by atoms with van der Waals surface area (Å²) in [6.45, 7) is 7.37. The number of fused-ring (bicyclic) bond motifs is 1. The van der Waals surface area contributed by atoms with Crippen molar-refractivity contribution >= 4 is 23.5 Å². The number of nitrogens with zero attached hydrogens (tertiary/aromatic N) is 3. The van der Waals surface area contributed by atoms with Crippen LogP contribution in [0.2, 0.25) is 0 Å². The monoisotopic (exact) mass is 431 g/mol. The Hall–Kier alpha value is -3.14. The van der Waals surface area contributed by atoms with Crippen LogP contribution in [0.5, 0.6) is 5.88 Å². The van der Waals surface area contributed by atoms with Crippen molar-refractivity contribution in [2.24, 2.45) is 5.92 Å². The second kappa shape index (κ2) is 8.54. The summed E-state index contributed by atoms with van der Waals surface area (Å²) in [5, 5.41) is 29.8. The molecule has 2 heterocycles. The smallest absolute Gasteiger partial charge is 0.270 e. The van der Waals surface area contributed by atoms with Crippen LogP contribution in [0, 0.1) is 5.92 Å². The molecule has 0 saturated heterocycles. The molecule has 2 amide bonds. The van der Waals surface area contributed by atoms with Gasteiger partial charge in [-0.2, -0.15) is 9.61 Å². The minimum absolute atomic E-state index is 0.0269. The molecule has 10 heteroatoms. The Morgan fingerprint density at radius 3 is 2.61 bits per heavy atom. The van der Waals surface area contributed by atoms with Crippen molar-refractivity contribution in [3.05, 3.63) is 33.8 Å². The molecule has 1 fully saturated rings. The molecule has 4 N–H and O–H groups in total. The molecule has 0 aromatic carbocycles. The first-order valence-corrected chi connectivity index (χ1v) is 10.3. The zero-order valence-corrected chi connectivity index (χ0v) is 18.2. The molecule has 0 atom stereocenters. The largest absolute Gasteiger partial charge is 0.492 e. The predicted molar refractivity (Wildman–Crippen MR) is 115 cm³/mol. The van der Waals surface area contributed by atoms with Gasteiger partial charge >= 0.3 is 0 Å². The number of hydrogen-bond acceptors (Lipinski definition) is 6. The number of carbonyl (C=O) groups is 2. The molecule has 31 heavy (non-hydrogen) atoms. The van der Waals surface area contributed by atoms with Crippen LogP contribution in [-0.2, 0) is 11.3 Å². The Bertz CT molecular complexity index is 1090. The van der Waals surface area contributed by atoms with E-state index >= 15 is 0 Å². The lowest BCUT2D eigenvalue weighted by molar-refractivity contribution is -0.117. The number of aromatic hydroxyl groups is 1. The Morgan fingerprint density at radius 1 is 1.35 bits per heavy atom. The minimum Gasteiger partial charge on any atom is -0.492 e. The van der Waals surface area contributed by atoms with Gasteiger partial charge in [0.1, 0.15) is 5.65 Å². The molecule has 168 valence electrons. The number of nitrogens with one attached hydrogen (secondary N) is 2. The molecule has 0 unspecified atom stereocenters. The maximum Gasteiger partial charge on any atom is 0.270 e. The van der Waals surface area contributed by atoms with Gasteiger partial charge in [0.05, 0.1) is 11.8 Å². The zero-order valence-electron chi connectivity index (χ0n) is 18.2. The fourth-order valence-electron chi connectivity index (χ4n) is 3.08. The Morgan fingerprint density at radius 2 is 2.03 bits per heavy atom. The van der Waals surface area contributed by atoms with Crippen molar-refractivity contribution in [3.8, 4) is 5.88 Å². The number of aromatic nitrogens is 3. The van der Waals surface area contributed by atoms with E-state index < -0.39 is 28.9 Å². The SMILES string of the molecule is CC(C)Cn1c(=O)c(C(=O)NC2CC2)c(O)n2ncc(C=CC(=O)NCC(C)(C)O)c12. The molecule has 0 spiro atoms. The van der Waals surface area contributed by atoms with Crippen LogP contribution in [0.25, 0.3) is 11.7 Å². The highest BCUT2D eigenvalue weighted by Crippen LogP contribution is 2.23. The maximum absolute atomic E-state index is 13.2. The van der Waals surface area contributed by atoms with Crippen molar-refractivity contribution < 1.29 is 19.8 Å². The molecule has 1 aliphatic rings. The van der Waals surface area contributed by atoms with E-state index in [-0.39, 0.29) is 29.7 Å². The maximum atomic E-state index is 13.2. The van der Waals surface area contributed by atoms with E-state index in [9.17, 15) is 24.6 Å². The van der Waals surface area contributed by atoms with Gasteiger partial charge in [0.15, 0.2) is 5.56 Å². The van der Waals surface area contributed by atoms with Crippen molar-refractivity contribution in [2.45, 2.75) is 58.7 Å². The van der Waals surface area contributed by atoms with Gasteiger partial charge in [-0.1, -0.05) is 13.8 Å². The van der Waals surface area contributed by atoms with Crippen molar-refractivity contribution in [1.82, 2.24) is 24.8 Å². The number of hydrogen-bond donors (Lipinski definition) is 4. The van der Waals surface area contributed by atoms with Crippen LogP contribution < -0.4 is 16.2 Å². The van der Waals surface area contributed by atoms with Crippen LogP contribution in [0.1, 0.15) is 56.5 Å². The fourth-order valence-corrected chi connectivity index (χ4v) is 3.08. The van der Waals surface area contributed by atoms with Crippen molar-refractivity contribution in [2.75, 3.05) is 6.54 Å². The topological polar surface area (TPSA) is 138 Å².